The van der Waals surface area contributed by atoms with E-state index in [0.29, 0.717) is 0 Å². The van der Waals surface area contributed by atoms with Gasteiger partial charge in [0.25, 0.3) is 0 Å². The number of aryl methyl sites for hydroxylation is 3. The van der Waals surface area contributed by atoms with Crippen LogP contribution in [0.1, 0.15) is 27.8 Å². The van der Waals surface area contributed by atoms with Crippen LogP contribution in [-0.4, -0.2) is 37.6 Å². The highest BCUT2D eigenvalue weighted by atomic mass is 19.3. The first kappa shape index (κ1) is 21.2. The van der Waals surface area contributed by atoms with E-state index in [-0.39, 0.29) is 17.6 Å². The van der Waals surface area contributed by atoms with Gasteiger partial charge in [-0.3, -0.25) is 9.69 Å². The van der Waals surface area contributed by atoms with Crippen LogP contribution in [0.3, 0.4) is 0 Å². The molecule has 0 bridgehead atoms. The fourth-order valence-corrected chi connectivity index (χ4v) is 4.04. The van der Waals surface area contributed by atoms with Gasteiger partial charge in [-0.2, -0.15) is 8.78 Å². The molecule has 1 saturated heterocycles. The summed E-state index contributed by atoms with van der Waals surface area (Å²) >= 11 is 0. The van der Waals surface area contributed by atoms with Crippen LogP contribution < -0.4 is 10.1 Å². The van der Waals surface area contributed by atoms with Crippen molar-refractivity contribution in [2.75, 3.05) is 20.1 Å². The molecule has 1 amide bonds. The summed E-state index contributed by atoms with van der Waals surface area (Å²) in [7, 11) is 1.68. The fourth-order valence-electron chi connectivity index (χ4n) is 4.04. The van der Waals surface area contributed by atoms with Gasteiger partial charge in [-0.1, -0.05) is 24.3 Å². The van der Waals surface area contributed by atoms with E-state index in [2.05, 4.69) is 40.9 Å². The molecule has 1 aliphatic heterocycles. The molecule has 29 heavy (non-hydrogen) atoms. The predicted molar refractivity (Wildman–Crippen MR) is 109 cm³/mol. The minimum absolute atomic E-state index is 0.103. The Labute approximate surface area is 170 Å². The smallest absolute Gasteiger partial charge is 0.387 e. The number of alkyl halides is 2. The van der Waals surface area contributed by atoms with Gasteiger partial charge >= 0.3 is 6.61 Å². The first-order valence-electron chi connectivity index (χ1n) is 9.92. The Hall–Kier alpha value is -2.47. The summed E-state index contributed by atoms with van der Waals surface area (Å²) in [5.41, 5.74) is 6.01. The number of carbonyl (C=O) groups is 1. The number of rotatable bonds is 8. The zero-order chi connectivity index (χ0) is 21.0. The second-order valence-electron chi connectivity index (χ2n) is 7.74. The van der Waals surface area contributed by atoms with Crippen LogP contribution >= 0.6 is 0 Å². The number of amides is 1. The average molecular weight is 402 g/mol. The lowest BCUT2D eigenvalue weighted by Crippen LogP contribution is -2.52. The molecule has 0 unspecified atom stereocenters. The number of likely N-dealkylation sites (tertiary alicyclic amines) is 1. The predicted octanol–water partition coefficient (Wildman–Crippen LogP) is 3.87. The number of halogens is 2. The van der Waals surface area contributed by atoms with Crippen molar-refractivity contribution in [3.63, 3.8) is 0 Å². The standard InChI is InChI=1S/C23H28F2N2O2/c1-15-9-18(12-27-13-19(14-27)22(28)26-3)10-16(2)21(15)8-7-17-5-4-6-20(11-17)29-23(24)25/h4-6,9-11,19,23H,7-8,12-14H2,1-3H3,(H,26,28). The highest BCUT2D eigenvalue weighted by Crippen LogP contribution is 2.24. The van der Waals surface area contributed by atoms with Gasteiger partial charge < -0.3 is 10.1 Å². The van der Waals surface area contributed by atoms with Crippen molar-refractivity contribution in [3.05, 3.63) is 64.2 Å². The van der Waals surface area contributed by atoms with Crippen molar-refractivity contribution in [2.24, 2.45) is 5.92 Å². The maximum Gasteiger partial charge on any atom is 0.387 e. The number of ether oxygens (including phenoxy) is 1. The van der Waals surface area contributed by atoms with Gasteiger partial charge in [-0.05, 0) is 66.6 Å². The number of benzene rings is 2. The van der Waals surface area contributed by atoms with Crippen LogP contribution in [0.2, 0.25) is 0 Å². The normalized spacial score (nSPS) is 14.7. The lowest BCUT2D eigenvalue weighted by Gasteiger charge is -2.38. The third-order valence-electron chi connectivity index (χ3n) is 5.52. The zero-order valence-electron chi connectivity index (χ0n) is 17.2. The summed E-state index contributed by atoms with van der Waals surface area (Å²) in [6.45, 7) is 3.88. The first-order valence-corrected chi connectivity index (χ1v) is 9.92. The van der Waals surface area contributed by atoms with Crippen molar-refractivity contribution in [1.29, 1.82) is 0 Å². The van der Waals surface area contributed by atoms with Crippen molar-refractivity contribution in [1.82, 2.24) is 10.2 Å². The quantitative estimate of drug-likeness (QED) is 0.729. The molecule has 0 radical (unpaired) electrons. The topological polar surface area (TPSA) is 41.6 Å². The van der Waals surface area contributed by atoms with Crippen molar-refractivity contribution in [2.45, 2.75) is 39.8 Å². The van der Waals surface area contributed by atoms with Crippen molar-refractivity contribution in [3.8, 4) is 5.75 Å². The molecule has 0 saturated carbocycles. The summed E-state index contributed by atoms with van der Waals surface area (Å²) in [4.78, 5) is 13.9. The molecule has 156 valence electrons. The van der Waals surface area contributed by atoms with Crippen LogP contribution in [0.15, 0.2) is 36.4 Å². The van der Waals surface area contributed by atoms with E-state index in [1.807, 2.05) is 6.07 Å². The first-order chi connectivity index (χ1) is 13.9. The Bertz CT molecular complexity index is 841. The summed E-state index contributed by atoms with van der Waals surface area (Å²) < 4.78 is 29.3. The van der Waals surface area contributed by atoms with E-state index in [0.717, 1.165) is 38.0 Å². The maximum absolute atomic E-state index is 12.4. The third kappa shape index (κ3) is 5.54. The molecule has 0 aromatic heterocycles. The summed E-state index contributed by atoms with van der Waals surface area (Å²) in [5.74, 6) is 0.421. The monoisotopic (exact) mass is 402 g/mol. The number of nitrogens with one attached hydrogen (secondary N) is 1. The third-order valence-corrected chi connectivity index (χ3v) is 5.52. The van der Waals surface area contributed by atoms with E-state index < -0.39 is 6.61 Å². The van der Waals surface area contributed by atoms with E-state index in [1.54, 1.807) is 25.2 Å². The second-order valence-corrected chi connectivity index (χ2v) is 7.74. The molecule has 4 nitrogen and oxygen atoms in total. The summed E-state index contributed by atoms with van der Waals surface area (Å²) in [6.07, 6.45) is 1.61. The van der Waals surface area contributed by atoms with E-state index in [9.17, 15) is 13.6 Å². The van der Waals surface area contributed by atoms with Gasteiger partial charge in [0.15, 0.2) is 0 Å². The molecule has 1 N–H and O–H groups in total. The lowest BCUT2D eigenvalue weighted by atomic mass is 9.93. The van der Waals surface area contributed by atoms with E-state index in [1.165, 1.54) is 22.3 Å². The van der Waals surface area contributed by atoms with E-state index in [4.69, 9.17) is 0 Å². The van der Waals surface area contributed by atoms with Crippen molar-refractivity contribution >= 4 is 5.91 Å². The average Bonchev–Trinajstić information content (AvgIpc) is 2.63. The number of carbonyl (C=O) groups excluding carboxylic acids is 1. The number of hydrogen-bond acceptors (Lipinski definition) is 3. The largest absolute Gasteiger partial charge is 0.435 e. The molecule has 3 rings (SSSR count). The van der Waals surface area contributed by atoms with Gasteiger partial charge in [-0.15, -0.1) is 0 Å². The Kier molecular flexibility index (Phi) is 6.85. The molecule has 2 aromatic carbocycles. The van der Waals surface area contributed by atoms with Crippen molar-refractivity contribution < 1.29 is 18.3 Å². The Morgan fingerprint density at radius 2 is 1.83 bits per heavy atom. The molecular weight excluding hydrogens is 374 g/mol. The van der Waals surface area contributed by atoms with Crippen LogP contribution in [0, 0.1) is 19.8 Å². The highest BCUT2D eigenvalue weighted by molar-refractivity contribution is 5.79. The second kappa shape index (κ2) is 9.35. The Balaban J connectivity index is 1.59. The molecular formula is C23H28F2N2O2. The van der Waals surface area contributed by atoms with Gasteiger partial charge in [-0.25, -0.2) is 0 Å². The molecule has 0 aliphatic carbocycles. The fraction of sp³-hybridized carbons (Fsp3) is 0.435. The van der Waals surface area contributed by atoms with Crippen LogP contribution in [0.5, 0.6) is 5.75 Å². The SMILES string of the molecule is CNC(=O)C1CN(Cc2cc(C)c(CCc3cccc(OC(F)F)c3)c(C)c2)C1. The van der Waals surface area contributed by atoms with Crippen LogP contribution in [0.4, 0.5) is 8.78 Å². The van der Waals surface area contributed by atoms with Crippen LogP contribution in [0.25, 0.3) is 0 Å². The molecule has 1 heterocycles. The highest BCUT2D eigenvalue weighted by Gasteiger charge is 2.31. The molecule has 0 atom stereocenters. The van der Waals surface area contributed by atoms with Crippen LogP contribution in [-0.2, 0) is 24.2 Å². The lowest BCUT2D eigenvalue weighted by molar-refractivity contribution is -0.129. The molecule has 1 aliphatic rings. The molecule has 1 fully saturated rings. The van der Waals surface area contributed by atoms with Gasteiger partial charge in [0.1, 0.15) is 5.75 Å². The summed E-state index contributed by atoms with van der Waals surface area (Å²) in [5, 5.41) is 2.71. The Morgan fingerprint density at radius 3 is 2.45 bits per heavy atom. The van der Waals surface area contributed by atoms with E-state index >= 15 is 0 Å². The minimum atomic E-state index is -2.81. The Morgan fingerprint density at radius 1 is 1.14 bits per heavy atom. The van der Waals surface area contributed by atoms with Gasteiger partial charge in [0.2, 0.25) is 5.91 Å². The summed E-state index contributed by atoms with van der Waals surface area (Å²) in [6, 6.07) is 11.3. The zero-order valence-corrected chi connectivity index (χ0v) is 17.2. The molecule has 2 aromatic rings. The van der Waals surface area contributed by atoms with Gasteiger partial charge in [0, 0.05) is 26.7 Å². The molecule has 0 spiro atoms. The number of nitrogens with zero attached hydrogens (tertiary/aromatic N) is 1. The minimum Gasteiger partial charge on any atom is -0.435 e. The van der Waals surface area contributed by atoms with Gasteiger partial charge in [0.05, 0.1) is 5.92 Å². The number of hydrogen-bond donors (Lipinski definition) is 1. The maximum atomic E-state index is 12.4. The molecule has 6 heteroatoms.